The van der Waals surface area contributed by atoms with Crippen LogP contribution < -0.4 is 10.6 Å². The van der Waals surface area contributed by atoms with Crippen LogP contribution in [0.5, 0.6) is 0 Å². The number of likely N-dealkylation sites (N-methyl/N-ethyl adjacent to an activating group) is 1. The van der Waals surface area contributed by atoms with Gasteiger partial charge in [-0.2, -0.15) is 0 Å². The van der Waals surface area contributed by atoms with E-state index in [2.05, 4.69) is 46.1 Å². The molecule has 1 amide bonds. The smallest absolute Gasteiger partial charge is 0.241 e. The number of hydrogen-bond acceptors (Lipinski definition) is 3. The number of carbonyl (C=O) groups excluding carboxylic acids is 1. The van der Waals surface area contributed by atoms with E-state index in [4.69, 9.17) is 0 Å². The predicted octanol–water partition coefficient (Wildman–Crippen LogP) is 2.17. The van der Waals surface area contributed by atoms with Gasteiger partial charge >= 0.3 is 0 Å². The normalized spacial score (nSPS) is 10.6. The highest BCUT2D eigenvalue weighted by Crippen LogP contribution is 2.15. The topological polar surface area (TPSA) is 56.7 Å². The molecule has 0 saturated carbocycles. The van der Waals surface area contributed by atoms with E-state index in [1.54, 1.807) is 30.8 Å². The molecule has 0 bridgehead atoms. The quantitative estimate of drug-likeness (QED) is 0.311. The molecule has 22 heavy (non-hydrogen) atoms. The number of nitrogens with zero attached hydrogens (tertiary/aromatic N) is 2. The first-order valence-electron chi connectivity index (χ1n) is 6.92. The molecule has 5 nitrogen and oxygen atoms in total. The molecule has 0 atom stereocenters. The third kappa shape index (κ3) is 7.88. The second-order valence-corrected chi connectivity index (χ2v) is 5.56. The highest BCUT2D eigenvalue weighted by molar-refractivity contribution is 14.0. The summed E-state index contributed by atoms with van der Waals surface area (Å²) in [7, 11) is 3.47. The summed E-state index contributed by atoms with van der Waals surface area (Å²) in [6.07, 6.45) is 2.06. The van der Waals surface area contributed by atoms with Crippen molar-refractivity contribution in [3.05, 3.63) is 29.8 Å². The van der Waals surface area contributed by atoms with Gasteiger partial charge in [0.1, 0.15) is 0 Å². The van der Waals surface area contributed by atoms with Crippen LogP contribution in [-0.4, -0.2) is 50.2 Å². The lowest BCUT2D eigenvalue weighted by Crippen LogP contribution is -2.42. The largest absolute Gasteiger partial charge is 0.357 e. The summed E-state index contributed by atoms with van der Waals surface area (Å²) in [5.74, 6) is 0.673. The van der Waals surface area contributed by atoms with Gasteiger partial charge in [0.2, 0.25) is 5.91 Å². The van der Waals surface area contributed by atoms with E-state index in [0.717, 1.165) is 12.1 Å². The van der Waals surface area contributed by atoms with Gasteiger partial charge in [0.15, 0.2) is 5.96 Å². The van der Waals surface area contributed by atoms with Crippen LogP contribution in [0, 0.1) is 0 Å². The first-order valence-corrected chi connectivity index (χ1v) is 8.14. The first kappa shape index (κ1) is 21.0. The van der Waals surface area contributed by atoms with E-state index in [9.17, 15) is 4.79 Å². The van der Waals surface area contributed by atoms with Crippen molar-refractivity contribution in [2.45, 2.75) is 18.4 Å². The van der Waals surface area contributed by atoms with E-state index < -0.39 is 0 Å². The third-order valence-corrected chi connectivity index (χ3v) is 3.57. The lowest BCUT2D eigenvalue weighted by atomic mass is 10.2. The van der Waals surface area contributed by atoms with Crippen LogP contribution in [0.2, 0.25) is 0 Å². The van der Waals surface area contributed by atoms with Crippen molar-refractivity contribution >= 4 is 47.6 Å². The number of nitrogens with one attached hydrogen (secondary N) is 2. The summed E-state index contributed by atoms with van der Waals surface area (Å²) in [5.41, 5.74) is 1.14. The second kappa shape index (κ2) is 11.6. The van der Waals surface area contributed by atoms with Crippen LogP contribution in [0.4, 0.5) is 0 Å². The Balaban J connectivity index is 0.00000441. The zero-order chi connectivity index (χ0) is 15.7. The molecule has 7 heteroatoms. The lowest BCUT2D eigenvalue weighted by Gasteiger charge is -2.14. The number of rotatable bonds is 6. The Hall–Kier alpha value is -0.960. The van der Waals surface area contributed by atoms with Gasteiger partial charge in [0, 0.05) is 25.5 Å². The van der Waals surface area contributed by atoms with E-state index >= 15 is 0 Å². The molecule has 2 N–H and O–H groups in total. The molecule has 0 unspecified atom stereocenters. The van der Waals surface area contributed by atoms with Crippen LogP contribution in [-0.2, 0) is 11.3 Å². The van der Waals surface area contributed by atoms with Gasteiger partial charge in [0.25, 0.3) is 0 Å². The molecule has 0 fully saturated rings. The van der Waals surface area contributed by atoms with Crippen molar-refractivity contribution in [1.29, 1.82) is 0 Å². The summed E-state index contributed by atoms with van der Waals surface area (Å²) in [6, 6.07) is 8.32. The summed E-state index contributed by atoms with van der Waals surface area (Å²) < 4.78 is 0. The first-order chi connectivity index (χ1) is 10.1. The van der Waals surface area contributed by atoms with Gasteiger partial charge < -0.3 is 15.5 Å². The molecular weight excluding hydrogens is 411 g/mol. The van der Waals surface area contributed by atoms with Gasteiger partial charge in [-0.1, -0.05) is 12.1 Å². The number of guanidine groups is 1. The Bertz CT molecular complexity index is 477. The number of thioether (sulfide) groups is 1. The Labute approximate surface area is 154 Å². The summed E-state index contributed by atoms with van der Waals surface area (Å²) in [6.45, 7) is 3.58. The fraction of sp³-hybridized carbons (Fsp3) is 0.467. The number of amides is 1. The molecule has 1 aromatic rings. The minimum Gasteiger partial charge on any atom is -0.357 e. The number of aliphatic imine (C=N–C) groups is 1. The van der Waals surface area contributed by atoms with Crippen molar-refractivity contribution in [2.24, 2.45) is 4.99 Å². The van der Waals surface area contributed by atoms with Crippen LogP contribution in [0.25, 0.3) is 0 Å². The molecular formula is C15H25IN4OS. The molecule has 124 valence electrons. The maximum Gasteiger partial charge on any atom is 0.241 e. The van der Waals surface area contributed by atoms with Crippen LogP contribution in [0.15, 0.2) is 34.2 Å². The molecule has 0 radical (unpaired) electrons. The zero-order valence-electron chi connectivity index (χ0n) is 13.5. The monoisotopic (exact) mass is 436 g/mol. The number of hydrogen-bond donors (Lipinski definition) is 2. The molecule has 0 saturated heterocycles. The summed E-state index contributed by atoms with van der Waals surface area (Å²) in [4.78, 5) is 18.9. The van der Waals surface area contributed by atoms with Crippen molar-refractivity contribution in [1.82, 2.24) is 15.5 Å². The summed E-state index contributed by atoms with van der Waals surface area (Å²) >= 11 is 1.72. The van der Waals surface area contributed by atoms with Crippen LogP contribution >= 0.6 is 35.7 Å². The standard InChI is InChI=1S/C15H24N4OS.HI/c1-5-16-15(18-11-14(20)19(2)3)17-10-12-6-8-13(21-4)9-7-12;/h6-9H,5,10-11H2,1-4H3,(H2,16,17,18);1H. The van der Waals surface area contributed by atoms with Gasteiger partial charge in [-0.25, -0.2) is 4.99 Å². The molecule has 0 aromatic heterocycles. The minimum absolute atomic E-state index is 0. The molecule has 0 aliphatic heterocycles. The fourth-order valence-corrected chi connectivity index (χ4v) is 1.97. The third-order valence-electron chi connectivity index (χ3n) is 2.83. The Kier molecular flexibility index (Phi) is 11.1. The zero-order valence-corrected chi connectivity index (χ0v) is 16.7. The van der Waals surface area contributed by atoms with Crippen molar-refractivity contribution in [3.63, 3.8) is 0 Å². The second-order valence-electron chi connectivity index (χ2n) is 4.68. The van der Waals surface area contributed by atoms with Gasteiger partial charge in [-0.05, 0) is 30.9 Å². The predicted molar refractivity (Wildman–Crippen MR) is 105 cm³/mol. The minimum atomic E-state index is 0. The van der Waals surface area contributed by atoms with Crippen molar-refractivity contribution in [3.8, 4) is 0 Å². The molecule has 1 aromatic carbocycles. The van der Waals surface area contributed by atoms with Crippen LogP contribution in [0.3, 0.4) is 0 Å². The maximum absolute atomic E-state index is 11.6. The van der Waals surface area contributed by atoms with Crippen molar-refractivity contribution in [2.75, 3.05) is 33.4 Å². The van der Waals surface area contributed by atoms with Crippen molar-refractivity contribution < 1.29 is 4.79 Å². The molecule has 1 rings (SSSR count). The Morgan fingerprint density at radius 3 is 2.36 bits per heavy atom. The number of halogens is 1. The lowest BCUT2D eigenvalue weighted by molar-refractivity contribution is -0.127. The molecule has 0 spiro atoms. The van der Waals surface area contributed by atoms with Gasteiger partial charge in [-0.3, -0.25) is 4.79 Å². The van der Waals surface area contributed by atoms with E-state index in [1.165, 1.54) is 4.90 Å². The highest BCUT2D eigenvalue weighted by atomic mass is 127. The molecule has 0 aliphatic rings. The van der Waals surface area contributed by atoms with E-state index in [1.807, 2.05) is 6.92 Å². The van der Waals surface area contributed by atoms with E-state index in [0.29, 0.717) is 12.5 Å². The number of carbonyl (C=O) groups is 1. The maximum atomic E-state index is 11.6. The Morgan fingerprint density at radius 1 is 1.23 bits per heavy atom. The highest BCUT2D eigenvalue weighted by Gasteiger charge is 2.05. The van der Waals surface area contributed by atoms with Gasteiger partial charge in [-0.15, -0.1) is 35.7 Å². The average Bonchev–Trinajstić information content (AvgIpc) is 2.50. The average molecular weight is 436 g/mol. The van der Waals surface area contributed by atoms with E-state index in [-0.39, 0.29) is 36.4 Å². The fourth-order valence-electron chi connectivity index (χ4n) is 1.56. The summed E-state index contributed by atoms with van der Waals surface area (Å²) in [5, 5.41) is 6.17. The number of benzene rings is 1. The SMILES string of the molecule is CCNC(=NCc1ccc(SC)cc1)NCC(=O)N(C)C.I. The molecule has 0 heterocycles. The molecule has 0 aliphatic carbocycles. The van der Waals surface area contributed by atoms with Crippen LogP contribution in [0.1, 0.15) is 12.5 Å². The van der Waals surface area contributed by atoms with Gasteiger partial charge in [0.05, 0.1) is 13.1 Å². The Morgan fingerprint density at radius 2 is 1.86 bits per heavy atom.